The zero-order valence-corrected chi connectivity index (χ0v) is 10.9. The van der Waals surface area contributed by atoms with Gasteiger partial charge in [-0.15, -0.1) is 0 Å². The van der Waals surface area contributed by atoms with Gasteiger partial charge >= 0.3 is 0 Å². The van der Waals surface area contributed by atoms with E-state index in [1.54, 1.807) is 24.5 Å². The van der Waals surface area contributed by atoms with Gasteiger partial charge in [-0.3, -0.25) is 4.98 Å². The van der Waals surface area contributed by atoms with Crippen molar-refractivity contribution in [3.63, 3.8) is 0 Å². The molecule has 0 aliphatic rings. The van der Waals surface area contributed by atoms with Gasteiger partial charge in [-0.1, -0.05) is 17.7 Å². The second-order valence-corrected chi connectivity index (χ2v) is 4.58. The minimum absolute atomic E-state index is 0.114. The van der Waals surface area contributed by atoms with Gasteiger partial charge in [0.1, 0.15) is 5.75 Å². The number of halogens is 1. The topological polar surface area (TPSA) is 45.1 Å². The second-order valence-electron chi connectivity index (χ2n) is 4.17. The van der Waals surface area contributed by atoms with Crippen LogP contribution < -0.4 is 5.32 Å². The van der Waals surface area contributed by atoms with Gasteiger partial charge in [-0.2, -0.15) is 0 Å². The van der Waals surface area contributed by atoms with E-state index in [0.29, 0.717) is 11.6 Å². The number of benzene rings is 1. The number of rotatable bonds is 4. The van der Waals surface area contributed by atoms with E-state index in [2.05, 4.69) is 17.2 Å². The van der Waals surface area contributed by atoms with E-state index in [4.69, 9.17) is 11.6 Å². The summed E-state index contributed by atoms with van der Waals surface area (Å²) in [6.45, 7) is 2.79. The molecule has 1 aromatic carbocycles. The van der Waals surface area contributed by atoms with E-state index in [1.165, 1.54) is 5.56 Å². The molecule has 0 saturated carbocycles. The first-order valence-electron chi connectivity index (χ1n) is 5.77. The van der Waals surface area contributed by atoms with Crippen LogP contribution in [-0.2, 0) is 6.54 Å². The minimum atomic E-state index is 0.114. The molecule has 0 aliphatic carbocycles. The molecule has 0 unspecified atom stereocenters. The Balaban J connectivity index is 1.97. The highest BCUT2D eigenvalue weighted by Gasteiger charge is 2.05. The fraction of sp³-hybridized carbons (Fsp3) is 0.214. The monoisotopic (exact) mass is 262 g/mol. The number of phenols is 1. The number of nitrogens with zero attached hydrogens (tertiary/aromatic N) is 1. The number of aromatic hydroxyl groups is 1. The van der Waals surface area contributed by atoms with Crippen molar-refractivity contribution >= 4 is 11.6 Å². The first-order valence-corrected chi connectivity index (χ1v) is 6.15. The zero-order valence-electron chi connectivity index (χ0n) is 10.1. The summed E-state index contributed by atoms with van der Waals surface area (Å²) < 4.78 is 0. The highest BCUT2D eigenvalue weighted by Crippen LogP contribution is 2.23. The third-order valence-electron chi connectivity index (χ3n) is 2.83. The average Bonchev–Trinajstić information content (AvgIpc) is 2.41. The molecule has 18 heavy (non-hydrogen) atoms. The Morgan fingerprint density at radius 2 is 2.00 bits per heavy atom. The summed E-state index contributed by atoms with van der Waals surface area (Å²) in [7, 11) is 0. The summed E-state index contributed by atoms with van der Waals surface area (Å²) >= 11 is 5.86. The molecule has 4 heteroatoms. The third-order valence-corrected chi connectivity index (χ3v) is 3.13. The van der Waals surface area contributed by atoms with E-state index in [9.17, 15) is 5.11 Å². The molecule has 1 heterocycles. The van der Waals surface area contributed by atoms with Crippen molar-refractivity contribution in [1.82, 2.24) is 10.3 Å². The highest BCUT2D eigenvalue weighted by atomic mass is 35.5. The van der Waals surface area contributed by atoms with Crippen LogP contribution in [0.15, 0.2) is 42.7 Å². The quantitative estimate of drug-likeness (QED) is 0.889. The smallest absolute Gasteiger partial charge is 0.134 e. The van der Waals surface area contributed by atoms with Crippen LogP contribution in [0.25, 0.3) is 0 Å². The SMILES string of the molecule is C[C@@H](NCc1ccc(O)c(Cl)c1)c1ccncc1. The summed E-state index contributed by atoms with van der Waals surface area (Å²) in [5.41, 5.74) is 2.23. The normalized spacial score (nSPS) is 12.3. The summed E-state index contributed by atoms with van der Waals surface area (Å²) in [6.07, 6.45) is 3.57. The van der Waals surface area contributed by atoms with E-state index in [1.807, 2.05) is 18.2 Å². The molecular formula is C14H15ClN2O. The van der Waals surface area contributed by atoms with Gasteiger partial charge < -0.3 is 10.4 Å². The summed E-state index contributed by atoms with van der Waals surface area (Å²) in [5, 5.41) is 13.1. The van der Waals surface area contributed by atoms with Crippen LogP contribution in [-0.4, -0.2) is 10.1 Å². The highest BCUT2D eigenvalue weighted by molar-refractivity contribution is 6.32. The molecular weight excluding hydrogens is 248 g/mol. The predicted molar refractivity (Wildman–Crippen MR) is 72.6 cm³/mol. The van der Waals surface area contributed by atoms with E-state index in [-0.39, 0.29) is 11.8 Å². The van der Waals surface area contributed by atoms with Crippen LogP contribution in [0.1, 0.15) is 24.1 Å². The molecule has 3 nitrogen and oxygen atoms in total. The number of phenolic OH excluding ortho intramolecular Hbond substituents is 1. The lowest BCUT2D eigenvalue weighted by Gasteiger charge is -2.14. The fourth-order valence-corrected chi connectivity index (χ4v) is 1.90. The van der Waals surface area contributed by atoms with Crippen LogP contribution in [0.2, 0.25) is 5.02 Å². The van der Waals surface area contributed by atoms with Crippen LogP contribution in [0.5, 0.6) is 5.75 Å². The van der Waals surface area contributed by atoms with Crippen molar-refractivity contribution in [3.05, 3.63) is 58.9 Å². The molecule has 0 radical (unpaired) electrons. The van der Waals surface area contributed by atoms with Crippen LogP contribution in [0.3, 0.4) is 0 Å². The van der Waals surface area contributed by atoms with Gasteiger partial charge in [0.15, 0.2) is 0 Å². The largest absolute Gasteiger partial charge is 0.506 e. The Morgan fingerprint density at radius 1 is 1.28 bits per heavy atom. The fourth-order valence-electron chi connectivity index (χ4n) is 1.70. The molecule has 1 aromatic heterocycles. The molecule has 2 aromatic rings. The van der Waals surface area contributed by atoms with Gasteiger partial charge in [-0.05, 0) is 42.3 Å². The maximum absolute atomic E-state index is 9.34. The van der Waals surface area contributed by atoms with Crippen LogP contribution in [0.4, 0.5) is 0 Å². The lowest BCUT2D eigenvalue weighted by molar-refractivity contribution is 0.475. The molecule has 0 amide bonds. The van der Waals surface area contributed by atoms with Crippen LogP contribution in [0, 0.1) is 0 Å². The number of pyridine rings is 1. The zero-order chi connectivity index (χ0) is 13.0. The maximum Gasteiger partial charge on any atom is 0.134 e. The molecule has 0 fully saturated rings. The van der Waals surface area contributed by atoms with Crippen molar-refractivity contribution < 1.29 is 5.11 Å². The summed E-state index contributed by atoms with van der Waals surface area (Å²) in [6, 6.07) is 9.44. The van der Waals surface area contributed by atoms with E-state index in [0.717, 1.165) is 5.56 Å². The predicted octanol–water partition coefficient (Wildman–Crippen LogP) is 3.29. The Hall–Kier alpha value is -1.58. The lowest BCUT2D eigenvalue weighted by atomic mass is 10.1. The van der Waals surface area contributed by atoms with Gasteiger partial charge in [0, 0.05) is 25.0 Å². The molecule has 94 valence electrons. The van der Waals surface area contributed by atoms with E-state index < -0.39 is 0 Å². The van der Waals surface area contributed by atoms with Gasteiger partial charge in [0.05, 0.1) is 5.02 Å². The molecule has 2 N–H and O–H groups in total. The molecule has 0 saturated heterocycles. The Morgan fingerprint density at radius 3 is 2.67 bits per heavy atom. The third kappa shape index (κ3) is 3.22. The van der Waals surface area contributed by atoms with Gasteiger partial charge in [0.25, 0.3) is 0 Å². The second kappa shape index (κ2) is 5.85. The molecule has 0 spiro atoms. The standard InChI is InChI=1S/C14H15ClN2O/c1-10(12-4-6-16-7-5-12)17-9-11-2-3-14(18)13(15)8-11/h2-8,10,17-18H,9H2,1H3/t10-/m1/s1. The molecule has 0 bridgehead atoms. The Bertz CT molecular complexity index is 516. The average molecular weight is 263 g/mol. The van der Waals surface area contributed by atoms with E-state index >= 15 is 0 Å². The number of nitrogens with one attached hydrogen (secondary N) is 1. The lowest BCUT2D eigenvalue weighted by Crippen LogP contribution is -2.18. The molecule has 2 rings (SSSR count). The molecule has 0 aliphatic heterocycles. The Kier molecular flexibility index (Phi) is 4.18. The van der Waals surface area contributed by atoms with Gasteiger partial charge in [-0.25, -0.2) is 0 Å². The van der Waals surface area contributed by atoms with Crippen molar-refractivity contribution in [1.29, 1.82) is 0 Å². The van der Waals surface area contributed by atoms with Crippen molar-refractivity contribution in [2.45, 2.75) is 19.5 Å². The number of aromatic nitrogens is 1. The first-order chi connectivity index (χ1) is 8.66. The Labute approximate surface area is 111 Å². The van der Waals surface area contributed by atoms with Crippen LogP contribution >= 0.6 is 11.6 Å². The number of hydrogen-bond donors (Lipinski definition) is 2. The van der Waals surface area contributed by atoms with Crippen molar-refractivity contribution in [2.75, 3.05) is 0 Å². The van der Waals surface area contributed by atoms with Crippen molar-refractivity contribution in [3.8, 4) is 5.75 Å². The first kappa shape index (κ1) is 12.9. The van der Waals surface area contributed by atoms with Crippen molar-refractivity contribution in [2.24, 2.45) is 0 Å². The summed E-state index contributed by atoms with van der Waals surface area (Å²) in [4.78, 5) is 3.99. The minimum Gasteiger partial charge on any atom is -0.506 e. The maximum atomic E-state index is 9.34. The molecule has 1 atom stereocenters. The summed E-state index contributed by atoms with van der Waals surface area (Å²) in [5.74, 6) is 0.114. The number of hydrogen-bond acceptors (Lipinski definition) is 3. The van der Waals surface area contributed by atoms with Gasteiger partial charge in [0.2, 0.25) is 0 Å².